The van der Waals surface area contributed by atoms with Crippen LogP contribution in [0.2, 0.25) is 0 Å². The van der Waals surface area contributed by atoms with Gasteiger partial charge in [0.1, 0.15) is 5.75 Å². The molecule has 3 aromatic rings. The number of benzene rings is 2. The first-order chi connectivity index (χ1) is 13.3. The molecule has 0 unspecified atom stereocenters. The van der Waals surface area contributed by atoms with Gasteiger partial charge >= 0.3 is 0 Å². The molecular formula is C18H20N4O4S2. The summed E-state index contributed by atoms with van der Waals surface area (Å²) in [6.07, 6.45) is 0. The van der Waals surface area contributed by atoms with Gasteiger partial charge in [-0.05, 0) is 43.7 Å². The Bertz CT molecular complexity index is 1130. The molecule has 0 aliphatic heterocycles. The van der Waals surface area contributed by atoms with E-state index in [0.29, 0.717) is 23.0 Å². The van der Waals surface area contributed by atoms with Gasteiger partial charge in [-0.1, -0.05) is 17.8 Å². The lowest BCUT2D eigenvalue weighted by atomic mass is 10.2. The minimum absolute atomic E-state index is 0.0136. The van der Waals surface area contributed by atoms with Crippen LogP contribution in [0.1, 0.15) is 12.5 Å². The molecule has 0 atom stereocenters. The summed E-state index contributed by atoms with van der Waals surface area (Å²) in [7, 11) is -3.85. The Balaban J connectivity index is 1.65. The largest absolute Gasteiger partial charge is 0.494 e. The highest BCUT2D eigenvalue weighted by atomic mass is 32.2. The van der Waals surface area contributed by atoms with E-state index in [0.717, 1.165) is 16.8 Å². The van der Waals surface area contributed by atoms with Gasteiger partial charge in [0.2, 0.25) is 15.9 Å². The lowest BCUT2D eigenvalue weighted by Gasteiger charge is -2.08. The number of amides is 1. The van der Waals surface area contributed by atoms with Gasteiger partial charge in [-0.25, -0.2) is 18.5 Å². The summed E-state index contributed by atoms with van der Waals surface area (Å²) < 4.78 is 28.6. The second-order valence-electron chi connectivity index (χ2n) is 6.02. The normalized spacial score (nSPS) is 11.5. The van der Waals surface area contributed by atoms with Gasteiger partial charge in [-0.2, -0.15) is 0 Å². The fraction of sp³-hybridized carbons (Fsp3) is 0.222. The highest BCUT2D eigenvalue weighted by Crippen LogP contribution is 2.24. The molecule has 4 N–H and O–H groups in total. The maximum Gasteiger partial charge on any atom is 0.238 e. The van der Waals surface area contributed by atoms with E-state index >= 15 is 0 Å². The van der Waals surface area contributed by atoms with E-state index in [2.05, 4.69) is 15.3 Å². The standard InChI is InChI=1S/C18H20N4O4S2/c1-3-26-13-6-7-14-15(9-13)22-18(21-14)27-10-17(23)20-12-5-4-11(2)16(8-12)28(19,24)25/h4-9H,3,10H2,1-2H3,(H,20,23)(H,21,22)(H2,19,24,25). The molecule has 0 spiro atoms. The number of aryl methyl sites for hydroxylation is 1. The SMILES string of the molecule is CCOc1ccc2nc(SCC(=O)Nc3ccc(C)c(S(N)(=O)=O)c3)[nH]c2c1. The van der Waals surface area contributed by atoms with Crippen molar-refractivity contribution >= 4 is 44.4 Å². The number of nitrogens with zero attached hydrogens (tertiary/aromatic N) is 1. The van der Waals surface area contributed by atoms with Crippen molar-refractivity contribution in [3.05, 3.63) is 42.0 Å². The number of aromatic nitrogens is 2. The minimum Gasteiger partial charge on any atom is -0.494 e. The molecule has 28 heavy (non-hydrogen) atoms. The van der Waals surface area contributed by atoms with Crippen LogP contribution in [-0.2, 0) is 14.8 Å². The molecule has 10 heteroatoms. The van der Waals surface area contributed by atoms with Crippen molar-refractivity contribution in [1.29, 1.82) is 0 Å². The number of anilines is 1. The zero-order valence-electron chi connectivity index (χ0n) is 15.4. The zero-order valence-corrected chi connectivity index (χ0v) is 17.0. The monoisotopic (exact) mass is 420 g/mol. The maximum atomic E-state index is 12.2. The quantitative estimate of drug-likeness (QED) is 0.504. The van der Waals surface area contributed by atoms with Gasteiger partial charge in [-0.3, -0.25) is 4.79 Å². The number of thioether (sulfide) groups is 1. The van der Waals surface area contributed by atoms with Crippen LogP contribution < -0.4 is 15.2 Å². The second-order valence-corrected chi connectivity index (χ2v) is 8.51. The Morgan fingerprint density at radius 1 is 1.29 bits per heavy atom. The third kappa shape index (κ3) is 4.83. The lowest BCUT2D eigenvalue weighted by Crippen LogP contribution is -2.17. The number of hydrogen-bond acceptors (Lipinski definition) is 6. The molecule has 1 aromatic heterocycles. The smallest absolute Gasteiger partial charge is 0.238 e. The Kier molecular flexibility index (Phi) is 5.92. The number of nitrogens with two attached hydrogens (primary N) is 1. The molecular weight excluding hydrogens is 400 g/mol. The molecule has 1 heterocycles. The molecule has 148 valence electrons. The summed E-state index contributed by atoms with van der Waals surface area (Å²) in [5, 5.41) is 8.47. The van der Waals surface area contributed by atoms with Crippen LogP contribution in [0.15, 0.2) is 46.5 Å². The van der Waals surface area contributed by atoms with E-state index in [9.17, 15) is 13.2 Å². The van der Waals surface area contributed by atoms with Crippen molar-refractivity contribution in [2.45, 2.75) is 23.9 Å². The molecule has 2 aromatic carbocycles. The van der Waals surface area contributed by atoms with Crippen LogP contribution in [0.5, 0.6) is 5.75 Å². The zero-order chi connectivity index (χ0) is 20.3. The van der Waals surface area contributed by atoms with E-state index in [1.807, 2.05) is 25.1 Å². The van der Waals surface area contributed by atoms with Gasteiger partial charge in [-0.15, -0.1) is 0 Å². The van der Waals surface area contributed by atoms with Crippen LogP contribution in [0.4, 0.5) is 5.69 Å². The number of fused-ring (bicyclic) bond motifs is 1. The van der Waals surface area contributed by atoms with Gasteiger partial charge < -0.3 is 15.0 Å². The summed E-state index contributed by atoms with van der Waals surface area (Å²) in [5.41, 5.74) is 2.49. The number of ether oxygens (including phenoxy) is 1. The molecule has 0 aliphatic carbocycles. The van der Waals surface area contributed by atoms with Gasteiger partial charge in [0.25, 0.3) is 0 Å². The van der Waals surface area contributed by atoms with Crippen molar-refractivity contribution in [3.8, 4) is 5.75 Å². The summed E-state index contributed by atoms with van der Waals surface area (Å²) in [6, 6.07) is 10.1. The number of primary sulfonamides is 1. The molecule has 0 saturated heterocycles. The fourth-order valence-corrected chi connectivity index (χ4v) is 4.10. The van der Waals surface area contributed by atoms with Crippen LogP contribution in [0.25, 0.3) is 11.0 Å². The highest BCUT2D eigenvalue weighted by molar-refractivity contribution is 7.99. The van der Waals surface area contributed by atoms with Crippen molar-refractivity contribution < 1.29 is 17.9 Å². The average Bonchev–Trinajstić information content (AvgIpc) is 3.03. The third-order valence-electron chi connectivity index (χ3n) is 3.86. The van der Waals surface area contributed by atoms with Gasteiger partial charge in [0, 0.05) is 11.8 Å². The van der Waals surface area contributed by atoms with Gasteiger partial charge in [0.15, 0.2) is 5.16 Å². The van der Waals surface area contributed by atoms with Gasteiger partial charge in [0.05, 0.1) is 28.3 Å². The lowest BCUT2D eigenvalue weighted by molar-refractivity contribution is -0.113. The van der Waals surface area contributed by atoms with Crippen LogP contribution in [0, 0.1) is 6.92 Å². The van der Waals surface area contributed by atoms with E-state index in [1.54, 1.807) is 19.1 Å². The number of aromatic amines is 1. The molecule has 0 fully saturated rings. The highest BCUT2D eigenvalue weighted by Gasteiger charge is 2.14. The third-order valence-corrected chi connectivity index (χ3v) is 5.79. The van der Waals surface area contributed by atoms with Crippen LogP contribution in [0.3, 0.4) is 0 Å². The number of carbonyl (C=O) groups excluding carboxylic acids is 1. The first kappa shape index (κ1) is 20.2. The molecule has 1 amide bonds. The van der Waals surface area contributed by atoms with Crippen molar-refractivity contribution in [3.63, 3.8) is 0 Å². The number of rotatable bonds is 7. The summed E-state index contributed by atoms with van der Waals surface area (Å²) >= 11 is 1.24. The first-order valence-corrected chi connectivity index (χ1v) is 11.0. The molecule has 8 nitrogen and oxygen atoms in total. The predicted octanol–water partition coefficient (Wildman–Crippen LogP) is 2.65. The second kappa shape index (κ2) is 8.21. The summed E-state index contributed by atoms with van der Waals surface area (Å²) in [5.74, 6) is 0.569. The van der Waals surface area contributed by atoms with Crippen LogP contribution >= 0.6 is 11.8 Å². The van der Waals surface area contributed by atoms with Crippen LogP contribution in [-0.4, -0.2) is 36.7 Å². The Labute approximate surface area is 166 Å². The first-order valence-electron chi connectivity index (χ1n) is 8.45. The van der Waals surface area contributed by atoms with E-state index in [-0.39, 0.29) is 16.6 Å². The molecule has 0 radical (unpaired) electrons. The summed E-state index contributed by atoms with van der Waals surface area (Å²) in [4.78, 5) is 19.8. The van der Waals surface area contributed by atoms with E-state index in [4.69, 9.17) is 9.88 Å². The Hall–Kier alpha value is -2.56. The Morgan fingerprint density at radius 2 is 2.07 bits per heavy atom. The number of nitrogens with one attached hydrogen (secondary N) is 2. The Morgan fingerprint density at radius 3 is 2.79 bits per heavy atom. The number of hydrogen-bond donors (Lipinski definition) is 3. The predicted molar refractivity (Wildman–Crippen MR) is 109 cm³/mol. The summed E-state index contributed by atoms with van der Waals surface area (Å²) in [6.45, 7) is 4.13. The average molecular weight is 421 g/mol. The molecule has 0 aliphatic rings. The maximum absolute atomic E-state index is 12.2. The minimum atomic E-state index is -3.85. The number of sulfonamides is 1. The fourth-order valence-electron chi connectivity index (χ4n) is 2.61. The molecule has 0 bridgehead atoms. The topological polar surface area (TPSA) is 127 Å². The van der Waals surface area contributed by atoms with Crippen molar-refractivity contribution in [1.82, 2.24) is 9.97 Å². The number of carbonyl (C=O) groups is 1. The molecule has 0 saturated carbocycles. The van der Waals surface area contributed by atoms with Crippen molar-refractivity contribution in [2.75, 3.05) is 17.7 Å². The van der Waals surface area contributed by atoms with Crippen molar-refractivity contribution in [2.24, 2.45) is 5.14 Å². The number of H-pyrrole nitrogens is 1. The molecule has 3 rings (SSSR count). The van der Waals surface area contributed by atoms with E-state index in [1.165, 1.54) is 17.8 Å². The van der Waals surface area contributed by atoms with E-state index < -0.39 is 10.0 Å². The number of imidazole rings is 1.